The lowest BCUT2D eigenvalue weighted by atomic mass is 10.1. The molecule has 0 aliphatic carbocycles. The number of aliphatic carboxylic acids is 1. The van der Waals surface area contributed by atoms with Crippen molar-refractivity contribution in [3.63, 3.8) is 0 Å². The smallest absolute Gasteiger partial charge is 0.308 e. The Morgan fingerprint density at radius 2 is 2.29 bits per heavy atom. The van der Waals surface area contributed by atoms with E-state index in [1.165, 1.54) is 0 Å². The molecule has 8 heteroatoms. The van der Waals surface area contributed by atoms with Gasteiger partial charge in [0.15, 0.2) is 11.5 Å². The van der Waals surface area contributed by atoms with Gasteiger partial charge in [-0.3, -0.25) is 14.4 Å². The molecular weight excluding hydrogens is 228 g/mol. The van der Waals surface area contributed by atoms with Gasteiger partial charge in [0.25, 0.3) is 5.56 Å². The van der Waals surface area contributed by atoms with E-state index in [0.717, 1.165) is 11.2 Å². The first-order valence-electron chi connectivity index (χ1n) is 4.87. The fourth-order valence-electron chi connectivity index (χ4n) is 1.76. The van der Waals surface area contributed by atoms with Crippen LogP contribution in [0, 0.1) is 5.92 Å². The Kier molecular flexibility index (Phi) is 2.54. The summed E-state index contributed by atoms with van der Waals surface area (Å²) in [5.74, 6) is -2.42. The molecule has 1 aromatic heterocycles. The summed E-state index contributed by atoms with van der Waals surface area (Å²) in [6.07, 6.45) is 0.986. The molecule has 1 atom stereocenters. The van der Waals surface area contributed by atoms with Gasteiger partial charge in [0.2, 0.25) is 5.91 Å². The third-order valence-electron chi connectivity index (χ3n) is 2.60. The molecule has 4 N–H and O–H groups in total. The topological polar surface area (TPSA) is 129 Å². The number of aromatic amines is 1. The normalized spacial score (nSPS) is 19.6. The highest BCUT2D eigenvalue weighted by Crippen LogP contribution is 2.25. The van der Waals surface area contributed by atoms with Crippen molar-refractivity contribution in [2.75, 3.05) is 17.2 Å². The summed E-state index contributed by atoms with van der Waals surface area (Å²) in [6, 6.07) is 0. The largest absolute Gasteiger partial charge is 0.481 e. The molecule has 8 nitrogen and oxygen atoms in total. The number of anilines is 2. The van der Waals surface area contributed by atoms with Crippen molar-refractivity contribution in [2.24, 2.45) is 5.92 Å². The molecule has 1 aromatic rings. The first-order valence-corrected chi connectivity index (χ1v) is 4.87. The number of nitrogens with one attached hydrogen (secondary N) is 1. The van der Waals surface area contributed by atoms with E-state index in [-0.39, 0.29) is 24.5 Å². The molecule has 1 aliphatic rings. The van der Waals surface area contributed by atoms with Crippen molar-refractivity contribution < 1.29 is 14.7 Å². The van der Waals surface area contributed by atoms with Gasteiger partial charge in [-0.15, -0.1) is 0 Å². The van der Waals surface area contributed by atoms with Crippen molar-refractivity contribution in [3.05, 3.63) is 16.7 Å². The maximum Gasteiger partial charge on any atom is 0.308 e. The summed E-state index contributed by atoms with van der Waals surface area (Å²) in [5, 5.41) is 8.82. The molecule has 0 aromatic carbocycles. The van der Waals surface area contributed by atoms with Gasteiger partial charge < -0.3 is 20.7 Å². The SMILES string of the molecule is Nc1nc[nH]c(=O)c1N1CC(C(=O)O)CC1=O. The predicted molar refractivity (Wildman–Crippen MR) is 57.4 cm³/mol. The number of aromatic nitrogens is 2. The Labute approximate surface area is 95.1 Å². The van der Waals surface area contributed by atoms with Gasteiger partial charge in [-0.2, -0.15) is 0 Å². The second-order valence-corrected chi connectivity index (χ2v) is 3.71. The van der Waals surface area contributed by atoms with E-state index in [1.807, 2.05) is 0 Å². The average Bonchev–Trinajstić information content (AvgIpc) is 2.61. The standard InChI is InChI=1S/C9H10N4O4/c10-7-6(8(15)12-3-11-7)13-2-4(9(16)17)1-5(13)14/h3-4H,1-2H2,(H,16,17)(H3,10,11,12,15). The van der Waals surface area contributed by atoms with Crippen molar-refractivity contribution in [2.45, 2.75) is 6.42 Å². The first kappa shape index (κ1) is 11.1. The van der Waals surface area contributed by atoms with Crippen molar-refractivity contribution in [1.82, 2.24) is 9.97 Å². The number of carboxylic acids is 1. The molecule has 0 bridgehead atoms. The zero-order valence-corrected chi connectivity index (χ0v) is 8.71. The lowest BCUT2D eigenvalue weighted by molar-refractivity contribution is -0.141. The van der Waals surface area contributed by atoms with Crippen molar-refractivity contribution in [1.29, 1.82) is 0 Å². The number of carbonyl (C=O) groups excluding carboxylic acids is 1. The molecule has 2 heterocycles. The summed E-state index contributed by atoms with van der Waals surface area (Å²) in [6.45, 7) is -0.0624. The van der Waals surface area contributed by atoms with Crippen LogP contribution in [0.25, 0.3) is 0 Å². The lowest BCUT2D eigenvalue weighted by Gasteiger charge is -2.15. The summed E-state index contributed by atoms with van der Waals surface area (Å²) in [7, 11) is 0. The van der Waals surface area contributed by atoms with E-state index in [2.05, 4.69) is 9.97 Å². The summed E-state index contributed by atoms with van der Waals surface area (Å²) < 4.78 is 0. The number of hydrogen-bond acceptors (Lipinski definition) is 5. The number of nitrogen functional groups attached to an aromatic ring is 1. The van der Waals surface area contributed by atoms with Crippen LogP contribution < -0.4 is 16.2 Å². The highest BCUT2D eigenvalue weighted by molar-refractivity contribution is 6.00. The Morgan fingerprint density at radius 3 is 2.82 bits per heavy atom. The van der Waals surface area contributed by atoms with E-state index in [0.29, 0.717) is 0 Å². The second-order valence-electron chi connectivity index (χ2n) is 3.71. The fraction of sp³-hybridized carbons (Fsp3) is 0.333. The Morgan fingerprint density at radius 1 is 1.59 bits per heavy atom. The summed E-state index contributed by atoms with van der Waals surface area (Å²) in [4.78, 5) is 41.0. The van der Waals surface area contributed by atoms with Crippen LogP contribution in [0.5, 0.6) is 0 Å². The van der Waals surface area contributed by atoms with E-state index in [9.17, 15) is 14.4 Å². The molecule has 0 spiro atoms. The van der Waals surface area contributed by atoms with Crippen molar-refractivity contribution in [3.8, 4) is 0 Å². The number of amides is 1. The number of carboxylic acid groups (broad SMARTS) is 1. The minimum absolute atomic E-state index is 0.0624. The second kappa shape index (κ2) is 3.89. The predicted octanol–water partition coefficient (Wildman–Crippen LogP) is -1.21. The van der Waals surface area contributed by atoms with E-state index in [4.69, 9.17) is 10.8 Å². The molecule has 0 radical (unpaired) electrons. The minimum atomic E-state index is -1.07. The Hall–Kier alpha value is -2.38. The molecule has 2 rings (SSSR count). The molecule has 90 valence electrons. The zero-order valence-electron chi connectivity index (χ0n) is 8.71. The molecule has 0 saturated carbocycles. The number of nitrogens with two attached hydrogens (primary N) is 1. The van der Waals surface area contributed by atoms with Crippen molar-refractivity contribution >= 4 is 23.4 Å². The van der Waals surface area contributed by atoms with Gasteiger partial charge in [-0.1, -0.05) is 0 Å². The number of hydrogen-bond donors (Lipinski definition) is 3. The van der Waals surface area contributed by atoms with Crippen LogP contribution in [0.3, 0.4) is 0 Å². The number of rotatable bonds is 2. The van der Waals surface area contributed by atoms with Crippen LogP contribution in [0.15, 0.2) is 11.1 Å². The molecule has 1 amide bonds. The van der Waals surface area contributed by atoms with Gasteiger partial charge >= 0.3 is 5.97 Å². The third-order valence-corrected chi connectivity index (χ3v) is 2.60. The van der Waals surface area contributed by atoms with Crippen LogP contribution in [0.1, 0.15) is 6.42 Å². The summed E-state index contributed by atoms with van der Waals surface area (Å²) in [5.41, 5.74) is 4.87. The van der Waals surface area contributed by atoms with Gasteiger partial charge in [0.1, 0.15) is 0 Å². The number of carbonyl (C=O) groups is 2. The van der Waals surface area contributed by atoms with E-state index in [1.54, 1.807) is 0 Å². The molecule has 1 aliphatic heterocycles. The summed E-state index contributed by atoms with van der Waals surface area (Å²) >= 11 is 0. The average molecular weight is 238 g/mol. The van der Waals surface area contributed by atoms with Gasteiger partial charge in [-0.25, -0.2) is 4.98 Å². The van der Waals surface area contributed by atoms with Crippen LogP contribution in [0.2, 0.25) is 0 Å². The quantitative estimate of drug-likeness (QED) is 0.592. The highest BCUT2D eigenvalue weighted by atomic mass is 16.4. The maximum atomic E-state index is 11.6. The Balaban J connectivity index is 2.39. The molecule has 1 fully saturated rings. The zero-order chi connectivity index (χ0) is 12.6. The van der Waals surface area contributed by atoms with Crippen LogP contribution in [-0.2, 0) is 9.59 Å². The lowest BCUT2D eigenvalue weighted by Crippen LogP contribution is -2.32. The molecule has 1 unspecified atom stereocenters. The molecule has 17 heavy (non-hydrogen) atoms. The minimum Gasteiger partial charge on any atom is -0.481 e. The molecular formula is C9H10N4O4. The van der Waals surface area contributed by atoms with Gasteiger partial charge in [0.05, 0.1) is 12.2 Å². The van der Waals surface area contributed by atoms with Crippen LogP contribution in [-0.4, -0.2) is 33.5 Å². The Bertz CT molecular complexity index is 538. The molecule has 1 saturated heterocycles. The van der Waals surface area contributed by atoms with E-state index >= 15 is 0 Å². The fourth-order valence-corrected chi connectivity index (χ4v) is 1.76. The van der Waals surface area contributed by atoms with Gasteiger partial charge in [-0.05, 0) is 0 Å². The third kappa shape index (κ3) is 1.84. The monoisotopic (exact) mass is 238 g/mol. The van der Waals surface area contributed by atoms with Crippen LogP contribution >= 0.6 is 0 Å². The maximum absolute atomic E-state index is 11.6. The number of H-pyrrole nitrogens is 1. The van der Waals surface area contributed by atoms with E-state index < -0.39 is 23.4 Å². The van der Waals surface area contributed by atoms with Gasteiger partial charge in [0, 0.05) is 13.0 Å². The number of nitrogens with zero attached hydrogens (tertiary/aromatic N) is 2. The highest BCUT2D eigenvalue weighted by Gasteiger charge is 2.37. The van der Waals surface area contributed by atoms with Crippen LogP contribution in [0.4, 0.5) is 11.5 Å². The first-order chi connectivity index (χ1) is 8.00.